The summed E-state index contributed by atoms with van der Waals surface area (Å²) in [5.74, 6) is 1.14. The Morgan fingerprint density at radius 3 is 2.84 bits per heavy atom. The van der Waals surface area contributed by atoms with Crippen molar-refractivity contribution in [2.45, 2.75) is 71.8 Å². The van der Waals surface area contributed by atoms with Crippen LogP contribution in [0.2, 0.25) is 0 Å². The van der Waals surface area contributed by atoms with Gasteiger partial charge >= 0.3 is 0 Å². The summed E-state index contributed by atoms with van der Waals surface area (Å²) in [7, 11) is 0. The van der Waals surface area contributed by atoms with Crippen molar-refractivity contribution in [2.24, 2.45) is 5.92 Å². The van der Waals surface area contributed by atoms with Gasteiger partial charge in [-0.25, -0.2) is 0 Å². The third-order valence-electron chi connectivity index (χ3n) is 4.31. The lowest BCUT2D eigenvalue weighted by Gasteiger charge is -2.22. The number of amides is 1. The lowest BCUT2D eigenvalue weighted by molar-refractivity contribution is -0.130. The van der Waals surface area contributed by atoms with Crippen LogP contribution in [0.3, 0.4) is 0 Å². The smallest absolute Gasteiger partial charge is 0.222 e. The number of nitrogens with zero attached hydrogens (tertiary/aromatic N) is 1. The summed E-state index contributed by atoms with van der Waals surface area (Å²) in [5, 5.41) is 3.51. The van der Waals surface area contributed by atoms with Gasteiger partial charge in [0.05, 0.1) is 0 Å². The molecule has 1 N–H and O–H groups in total. The molecule has 1 heterocycles. The predicted molar refractivity (Wildman–Crippen MR) is 81.2 cm³/mol. The zero-order valence-electron chi connectivity index (χ0n) is 13.1. The van der Waals surface area contributed by atoms with Crippen molar-refractivity contribution in [3.63, 3.8) is 0 Å². The molecule has 1 aliphatic rings. The van der Waals surface area contributed by atoms with Gasteiger partial charge in [-0.1, -0.05) is 20.3 Å². The van der Waals surface area contributed by atoms with Crippen LogP contribution in [-0.4, -0.2) is 36.5 Å². The normalized spacial score (nSPS) is 22.4. The maximum absolute atomic E-state index is 12.0. The fraction of sp³-hybridized carbons (Fsp3) is 0.938. The predicted octanol–water partition coefficient (Wildman–Crippen LogP) is 3.19. The van der Waals surface area contributed by atoms with E-state index in [1.807, 2.05) is 0 Å². The Hall–Kier alpha value is -0.570. The number of carbonyl (C=O) groups excluding carboxylic acids is 1. The fourth-order valence-electron chi connectivity index (χ4n) is 2.82. The molecule has 0 saturated carbocycles. The quantitative estimate of drug-likeness (QED) is 0.733. The van der Waals surface area contributed by atoms with Crippen molar-refractivity contribution >= 4 is 5.91 Å². The fourth-order valence-corrected chi connectivity index (χ4v) is 2.82. The molecule has 1 rings (SSSR count). The van der Waals surface area contributed by atoms with Crippen molar-refractivity contribution in [1.82, 2.24) is 10.2 Å². The Kier molecular flexibility index (Phi) is 8.11. The zero-order chi connectivity index (χ0) is 14.1. The van der Waals surface area contributed by atoms with Gasteiger partial charge in [0.25, 0.3) is 0 Å². The van der Waals surface area contributed by atoms with Gasteiger partial charge in [-0.2, -0.15) is 0 Å². The van der Waals surface area contributed by atoms with Gasteiger partial charge in [0, 0.05) is 25.6 Å². The summed E-state index contributed by atoms with van der Waals surface area (Å²) in [6, 6.07) is 0.574. The Labute approximate surface area is 119 Å². The van der Waals surface area contributed by atoms with E-state index in [1.54, 1.807) is 0 Å². The molecule has 3 nitrogen and oxygen atoms in total. The first-order valence-electron chi connectivity index (χ1n) is 8.18. The van der Waals surface area contributed by atoms with Crippen molar-refractivity contribution in [3.8, 4) is 0 Å². The number of rotatable bonds is 8. The van der Waals surface area contributed by atoms with Crippen LogP contribution in [0.25, 0.3) is 0 Å². The molecule has 0 radical (unpaired) electrons. The van der Waals surface area contributed by atoms with Crippen LogP contribution in [-0.2, 0) is 4.79 Å². The number of likely N-dealkylation sites (tertiary alicyclic amines) is 1. The van der Waals surface area contributed by atoms with E-state index < -0.39 is 0 Å². The zero-order valence-corrected chi connectivity index (χ0v) is 13.1. The molecule has 0 aromatic carbocycles. The Balaban J connectivity index is 2.22. The topological polar surface area (TPSA) is 32.3 Å². The van der Waals surface area contributed by atoms with Crippen LogP contribution in [0, 0.1) is 5.92 Å². The van der Waals surface area contributed by atoms with Crippen LogP contribution < -0.4 is 5.32 Å². The van der Waals surface area contributed by atoms with Crippen molar-refractivity contribution in [3.05, 3.63) is 0 Å². The highest BCUT2D eigenvalue weighted by atomic mass is 16.2. The molecule has 3 heteroatoms. The molecule has 19 heavy (non-hydrogen) atoms. The minimum Gasteiger partial charge on any atom is -0.343 e. The molecule has 2 atom stereocenters. The molecule has 0 aromatic rings. The van der Waals surface area contributed by atoms with E-state index in [4.69, 9.17) is 0 Å². The van der Waals surface area contributed by atoms with E-state index in [9.17, 15) is 4.79 Å². The lowest BCUT2D eigenvalue weighted by Crippen LogP contribution is -2.33. The average molecular weight is 268 g/mol. The Morgan fingerprint density at radius 1 is 1.37 bits per heavy atom. The lowest BCUT2D eigenvalue weighted by atomic mass is 9.98. The summed E-state index contributed by atoms with van der Waals surface area (Å²) < 4.78 is 0. The van der Waals surface area contributed by atoms with Crippen molar-refractivity contribution < 1.29 is 4.79 Å². The first-order valence-corrected chi connectivity index (χ1v) is 8.18. The van der Waals surface area contributed by atoms with Crippen molar-refractivity contribution in [1.29, 1.82) is 0 Å². The van der Waals surface area contributed by atoms with E-state index in [0.29, 0.717) is 11.9 Å². The number of hydrogen-bond donors (Lipinski definition) is 1. The molecular weight excluding hydrogens is 236 g/mol. The highest BCUT2D eigenvalue weighted by Crippen LogP contribution is 2.21. The van der Waals surface area contributed by atoms with Gasteiger partial charge in [-0.15, -0.1) is 0 Å². The molecule has 0 aromatic heterocycles. The standard InChI is InChI=1S/C16H32N2O/c1-4-11-17-14(3)7-6-12-18-13-10-15(5-2)8-9-16(18)19/h14-15,17H,4-13H2,1-3H3. The molecule has 112 valence electrons. The van der Waals surface area contributed by atoms with Crippen molar-refractivity contribution in [2.75, 3.05) is 19.6 Å². The molecule has 0 aliphatic carbocycles. The SMILES string of the molecule is CCCNC(C)CCCN1CCC(CC)CCC1=O. The second-order valence-corrected chi connectivity index (χ2v) is 5.98. The molecule has 1 amide bonds. The molecule has 1 saturated heterocycles. The van der Waals surface area contributed by atoms with Crippen LogP contribution in [0.5, 0.6) is 0 Å². The van der Waals surface area contributed by atoms with E-state index >= 15 is 0 Å². The highest BCUT2D eigenvalue weighted by molar-refractivity contribution is 5.76. The summed E-state index contributed by atoms with van der Waals surface area (Å²) >= 11 is 0. The van der Waals surface area contributed by atoms with Crippen LogP contribution in [0.1, 0.15) is 65.7 Å². The molecule has 0 bridgehead atoms. The summed E-state index contributed by atoms with van der Waals surface area (Å²) in [5.41, 5.74) is 0. The van der Waals surface area contributed by atoms with Crippen LogP contribution in [0.4, 0.5) is 0 Å². The summed E-state index contributed by atoms with van der Waals surface area (Å²) in [6.07, 6.45) is 7.77. The van der Waals surface area contributed by atoms with Gasteiger partial charge in [0.2, 0.25) is 5.91 Å². The monoisotopic (exact) mass is 268 g/mol. The van der Waals surface area contributed by atoms with E-state index in [1.165, 1.54) is 25.7 Å². The van der Waals surface area contributed by atoms with Crippen LogP contribution in [0.15, 0.2) is 0 Å². The summed E-state index contributed by atoms with van der Waals surface area (Å²) in [6.45, 7) is 9.71. The van der Waals surface area contributed by atoms with Crippen LogP contribution >= 0.6 is 0 Å². The minimum atomic E-state index is 0.380. The summed E-state index contributed by atoms with van der Waals surface area (Å²) in [4.78, 5) is 14.1. The second-order valence-electron chi connectivity index (χ2n) is 5.98. The maximum Gasteiger partial charge on any atom is 0.222 e. The maximum atomic E-state index is 12.0. The Bertz CT molecular complexity index is 255. The third-order valence-corrected chi connectivity index (χ3v) is 4.31. The van der Waals surface area contributed by atoms with E-state index in [0.717, 1.165) is 44.8 Å². The van der Waals surface area contributed by atoms with E-state index in [2.05, 4.69) is 31.0 Å². The largest absolute Gasteiger partial charge is 0.343 e. The molecule has 1 aliphatic heterocycles. The van der Waals surface area contributed by atoms with Gasteiger partial charge in [-0.3, -0.25) is 4.79 Å². The molecular formula is C16H32N2O. The van der Waals surface area contributed by atoms with Gasteiger partial charge in [0.1, 0.15) is 0 Å². The number of nitrogens with one attached hydrogen (secondary N) is 1. The average Bonchev–Trinajstić information content (AvgIpc) is 2.59. The van der Waals surface area contributed by atoms with Gasteiger partial charge < -0.3 is 10.2 Å². The van der Waals surface area contributed by atoms with Gasteiger partial charge in [0.15, 0.2) is 0 Å². The van der Waals surface area contributed by atoms with Gasteiger partial charge in [-0.05, 0) is 51.5 Å². The molecule has 1 fully saturated rings. The number of hydrogen-bond acceptors (Lipinski definition) is 2. The minimum absolute atomic E-state index is 0.380. The van der Waals surface area contributed by atoms with E-state index in [-0.39, 0.29) is 0 Å². The molecule has 2 unspecified atom stereocenters. The third kappa shape index (κ3) is 6.42. The first kappa shape index (κ1) is 16.5. The Morgan fingerprint density at radius 2 is 2.16 bits per heavy atom. The first-order chi connectivity index (χ1) is 9.17. The molecule has 0 spiro atoms. The highest BCUT2D eigenvalue weighted by Gasteiger charge is 2.21. The number of carbonyl (C=O) groups is 1. The second kappa shape index (κ2) is 9.35.